The van der Waals surface area contributed by atoms with E-state index < -0.39 is 65.7 Å². The maximum atomic E-state index is 14.5. The van der Waals surface area contributed by atoms with Gasteiger partial charge in [-0.05, 0) is 166 Å². The van der Waals surface area contributed by atoms with Crippen molar-refractivity contribution in [2.45, 2.75) is 396 Å². The second-order valence-corrected chi connectivity index (χ2v) is 58.2. The van der Waals surface area contributed by atoms with Gasteiger partial charge in [0.15, 0.2) is 53.2 Å². The average Bonchev–Trinajstić information content (AvgIpc) is 1.36. The van der Waals surface area contributed by atoms with Crippen LogP contribution in [0.15, 0.2) is 36.5 Å². The van der Waals surface area contributed by atoms with Crippen LogP contribution >= 0.6 is 0 Å². The number of allylic oxidation sites excluding steroid dienone is 1. The van der Waals surface area contributed by atoms with Crippen LogP contribution in [-0.4, -0.2) is 170 Å². The first-order chi connectivity index (χ1) is 42.6. The number of rotatable bonds is 29. The zero-order valence-electron chi connectivity index (χ0n) is 63.0. The van der Waals surface area contributed by atoms with Crippen molar-refractivity contribution < 1.29 is 64.8 Å². The summed E-state index contributed by atoms with van der Waals surface area (Å²) < 4.78 is 92.4. The molecule has 7 saturated heterocycles. The first-order valence-corrected chi connectivity index (χ1v) is 50.6. The Hall–Kier alpha value is -0.546. The predicted octanol–water partition coefficient (Wildman–Crippen LogP) is 17.7. The molecular weight excluding hydrogens is 1240 g/mol. The summed E-state index contributed by atoms with van der Waals surface area (Å²) in [6.45, 7) is 67.5. The van der Waals surface area contributed by atoms with Crippen molar-refractivity contribution >= 4 is 47.4 Å². The molecule has 0 aliphatic carbocycles. The van der Waals surface area contributed by atoms with Crippen LogP contribution in [0.3, 0.4) is 0 Å². The summed E-state index contributed by atoms with van der Waals surface area (Å²) in [5.74, 6) is -0.364. The predicted molar refractivity (Wildman–Crippen MR) is 385 cm³/mol. The van der Waals surface area contributed by atoms with Gasteiger partial charge in [-0.1, -0.05) is 137 Å². The Labute approximate surface area is 566 Å². The number of hydrogen-bond acceptors (Lipinski definition) is 14. The molecule has 0 aromatic heterocycles. The van der Waals surface area contributed by atoms with Gasteiger partial charge in [0.2, 0.25) is 0 Å². The van der Waals surface area contributed by atoms with E-state index in [1.54, 1.807) is 6.08 Å². The largest absolute Gasteiger partial charge is 0.417 e. The highest BCUT2D eigenvalue weighted by Crippen LogP contribution is 2.50. The third kappa shape index (κ3) is 18.7. The summed E-state index contributed by atoms with van der Waals surface area (Å²) >= 11 is 0. The molecule has 0 aromatic carbocycles. The van der Waals surface area contributed by atoms with E-state index in [1.165, 1.54) is 0 Å². The van der Waals surface area contributed by atoms with Gasteiger partial charge < -0.3 is 60.0 Å². The molecule has 532 valence electrons. The van der Waals surface area contributed by atoms with Gasteiger partial charge in [0.25, 0.3) is 0 Å². The minimum atomic E-state index is -2.30. The lowest BCUT2D eigenvalue weighted by molar-refractivity contribution is -0.255. The number of ether oxygens (including phenoxy) is 8. The van der Waals surface area contributed by atoms with Gasteiger partial charge in [-0.2, -0.15) is 0 Å². The quantitative estimate of drug-likeness (QED) is 0.0399. The Balaban J connectivity index is 1.04. The lowest BCUT2D eigenvalue weighted by Gasteiger charge is -2.53. The summed E-state index contributed by atoms with van der Waals surface area (Å²) in [6, 6.07) is 5.97. The Morgan fingerprint density at radius 3 is 1.65 bits per heavy atom. The van der Waals surface area contributed by atoms with Gasteiger partial charge in [-0.25, -0.2) is 0 Å². The molecule has 0 saturated carbocycles. The zero-order valence-corrected chi connectivity index (χ0v) is 68.0. The van der Waals surface area contributed by atoms with Gasteiger partial charge in [0.1, 0.15) is 30.5 Å². The maximum Gasteiger partial charge on any atom is 0.192 e. The third-order valence-electron chi connectivity index (χ3n) is 24.7. The summed E-state index contributed by atoms with van der Waals surface area (Å²) in [5.41, 5.74) is 2.16. The monoisotopic (exact) mass is 1380 g/mol. The highest BCUT2D eigenvalue weighted by molar-refractivity contribution is 6.75. The molecule has 92 heavy (non-hydrogen) atoms. The molecule has 0 unspecified atom stereocenters. The lowest BCUT2D eigenvalue weighted by Crippen LogP contribution is -2.65. The molecule has 19 heteroatoms. The Kier molecular flexibility index (Phi) is 26.7. The Morgan fingerprint density at radius 1 is 0.576 bits per heavy atom. The van der Waals surface area contributed by atoms with Crippen molar-refractivity contribution in [3.05, 3.63) is 36.5 Å². The number of fused-ring (bicyclic) bond motifs is 2. The fraction of sp³-hybridized carbons (Fsp3) is 0.904. The highest BCUT2D eigenvalue weighted by Gasteiger charge is 2.61. The van der Waals surface area contributed by atoms with Gasteiger partial charge >= 0.3 is 0 Å². The molecule has 7 rings (SSSR count). The molecule has 7 aliphatic rings. The average molecular weight is 1380 g/mol. The fourth-order valence-corrected chi connectivity index (χ4v) is 24.3. The Morgan fingerprint density at radius 2 is 1.12 bits per heavy atom. The molecule has 0 bridgehead atoms. The molecule has 0 spiro atoms. The molecule has 0 aromatic rings. The standard InChI is InChI=1S/C73H136O14Si5/c1-28-91(29-2,30-3)86-66-60(82-68-67(66)81-58-39-36-53(40-41-76-88(22,23)70(11,12)13)79-65(58)69(68)87-92(31-4,32-5)33-6)44-52(74)34-35-54-43-49(8)57(77-54)38-37-55-42-48(7)50(9)59(78-55)46-62-64(85-90(26,27)72(17,18)19)51(10)63(84-89(24,25)71(14,15)16)61(80-62)45-56-47-75-73(20,21)83-56/h34-35,48,51,53-69H,8-9,28-33,36-47H2,1-7,10-27H3/b35-34+/t48-,51+,53-,54+,55+,56-,57+,58+,59-,60+,61+,62+,63+,64-,65+,66+,67+,68-,69+/m1/s1. The Bertz CT molecular complexity index is 2430. The van der Waals surface area contributed by atoms with Crippen LogP contribution in [0.2, 0.25) is 90.7 Å². The van der Waals surface area contributed by atoms with Crippen LogP contribution in [0, 0.1) is 11.8 Å². The van der Waals surface area contributed by atoms with Crippen LogP contribution in [0.5, 0.6) is 0 Å². The third-order valence-corrected chi connectivity index (χ3v) is 47.5. The van der Waals surface area contributed by atoms with E-state index in [2.05, 4.69) is 164 Å². The van der Waals surface area contributed by atoms with Crippen molar-refractivity contribution in [2.24, 2.45) is 11.8 Å². The summed E-state index contributed by atoms with van der Waals surface area (Å²) in [7, 11) is -10.9. The van der Waals surface area contributed by atoms with E-state index in [-0.39, 0.29) is 125 Å². The van der Waals surface area contributed by atoms with Gasteiger partial charge in [-0.3, -0.25) is 4.79 Å². The van der Waals surface area contributed by atoms with E-state index >= 15 is 0 Å². The van der Waals surface area contributed by atoms with Gasteiger partial charge in [0, 0.05) is 38.2 Å². The highest BCUT2D eigenvalue weighted by atomic mass is 28.4. The van der Waals surface area contributed by atoms with Crippen molar-refractivity contribution in [1.29, 1.82) is 0 Å². The number of carbonyl (C=O) groups excluding carboxylic acids is 1. The molecule has 7 aliphatic heterocycles. The molecule has 0 amide bonds. The summed E-state index contributed by atoms with van der Waals surface area (Å²) in [4.78, 5) is 14.5. The number of ketones is 1. The molecule has 19 atom stereocenters. The minimum Gasteiger partial charge on any atom is -0.417 e. The summed E-state index contributed by atoms with van der Waals surface area (Å²) in [6.07, 6.45) is 6.83. The van der Waals surface area contributed by atoms with E-state index in [0.29, 0.717) is 32.5 Å². The first-order valence-electron chi connectivity index (χ1n) is 36.8. The van der Waals surface area contributed by atoms with E-state index in [9.17, 15) is 4.79 Å². The molecule has 0 N–H and O–H groups in total. The molecular formula is C73H136O14Si5. The number of hydrogen-bond donors (Lipinski definition) is 0. The lowest BCUT2D eigenvalue weighted by atomic mass is 9.80. The smallest absolute Gasteiger partial charge is 0.192 e. The van der Waals surface area contributed by atoms with Crippen LogP contribution in [0.25, 0.3) is 0 Å². The number of carbonyl (C=O) groups is 1. The van der Waals surface area contributed by atoms with E-state index in [1.807, 2.05) is 19.9 Å². The SMILES string of the molecule is C=C1C[C@H](/C=C/C(=O)C[C@@H]2O[C@@H]3[C@@H](O[C@H]4CC[C@H](CCO[Si](C)(C)C(C)(C)C)O[C@@H]4[C@@H]3O[Si](CC)(CC)CC)[C@H]2O[Si](CC)(CC)CC)O[C@H]1CC[C@H]1C[C@@H](C)C(=C)[C@@H](C[C@@H]2O[C@@H](C[C@@H]3COC(C)(C)O3)[C@@H](O[Si](C)(C)C(C)(C)C)[C@H](C)[C@H]2O[Si](C)(C)C(C)(C)C)O1. The van der Waals surface area contributed by atoms with Crippen LogP contribution in [0.1, 0.15) is 196 Å². The van der Waals surface area contributed by atoms with Crippen molar-refractivity contribution in [1.82, 2.24) is 0 Å². The van der Waals surface area contributed by atoms with E-state index in [0.717, 1.165) is 85.9 Å². The summed E-state index contributed by atoms with van der Waals surface area (Å²) in [5, 5.41) is 0.137. The zero-order chi connectivity index (χ0) is 68.5. The van der Waals surface area contributed by atoms with Crippen molar-refractivity contribution in [2.75, 3.05) is 13.2 Å². The van der Waals surface area contributed by atoms with E-state index in [4.69, 9.17) is 66.6 Å². The van der Waals surface area contributed by atoms with Crippen molar-refractivity contribution in [3.8, 4) is 0 Å². The van der Waals surface area contributed by atoms with Crippen molar-refractivity contribution in [3.63, 3.8) is 0 Å². The topological polar surface area (TPSA) is 137 Å². The second-order valence-electron chi connectivity index (χ2n) is 34.4. The molecule has 0 radical (unpaired) electrons. The first kappa shape index (κ1) is 78.8. The van der Waals surface area contributed by atoms with Crippen LogP contribution in [0.4, 0.5) is 0 Å². The van der Waals surface area contributed by atoms with Gasteiger partial charge in [0.05, 0.1) is 79.9 Å². The van der Waals surface area contributed by atoms with Crippen LogP contribution in [-0.2, 0) is 64.8 Å². The maximum absolute atomic E-state index is 14.5. The molecule has 7 heterocycles. The fourth-order valence-electron chi connectivity index (χ4n) is 14.7. The molecule has 7 fully saturated rings. The molecule has 14 nitrogen and oxygen atoms in total. The normalized spacial score (nSPS) is 35.5. The second kappa shape index (κ2) is 31.1. The van der Waals surface area contributed by atoms with Gasteiger partial charge in [-0.15, -0.1) is 0 Å². The minimum absolute atomic E-state index is 0.00616. The van der Waals surface area contributed by atoms with Crippen LogP contribution < -0.4 is 0 Å².